The van der Waals surface area contributed by atoms with E-state index in [-0.39, 0.29) is 0 Å². The molecular weight excluding hydrogens is 428 g/mol. The van der Waals surface area contributed by atoms with Gasteiger partial charge in [-0.15, -0.1) is 0 Å². The van der Waals surface area contributed by atoms with Crippen LogP contribution < -0.4 is 9.80 Å². The van der Waals surface area contributed by atoms with Crippen LogP contribution in [0.5, 0.6) is 0 Å². The maximum absolute atomic E-state index is 6.10. The second-order valence-electron chi connectivity index (χ2n) is 11.2. The number of hydrogen-bond donors (Lipinski definition) is 0. The molecule has 2 unspecified atom stereocenters. The summed E-state index contributed by atoms with van der Waals surface area (Å²) in [5, 5.41) is 0. The smallest absolute Gasteiger partial charge is 0.0471 e. The highest BCUT2D eigenvalue weighted by Gasteiger charge is 2.16. The van der Waals surface area contributed by atoms with Gasteiger partial charge >= 0.3 is 0 Å². The summed E-state index contributed by atoms with van der Waals surface area (Å²) in [7, 11) is 0. The maximum atomic E-state index is 6.10. The average Bonchev–Trinajstić information content (AvgIpc) is 2.89. The molecule has 0 amide bonds. The number of hydrogen-bond acceptors (Lipinski definition) is 3. The Morgan fingerprint density at radius 3 is 1.40 bits per heavy atom. The predicted octanol–water partition coefficient (Wildman–Crippen LogP) is 7.99. The molecule has 2 heterocycles. The van der Waals surface area contributed by atoms with Crippen LogP contribution in [0.25, 0.3) is 0 Å². The van der Waals surface area contributed by atoms with E-state index in [0.29, 0.717) is 11.8 Å². The molecule has 3 nitrogen and oxygen atoms in total. The zero-order valence-corrected chi connectivity index (χ0v) is 22.8. The first-order chi connectivity index (χ1) is 17.0. The number of nitrogens with zero attached hydrogens (tertiary/aromatic N) is 2. The number of aryl methyl sites for hydroxylation is 2. The molecule has 0 N–H and O–H groups in total. The van der Waals surface area contributed by atoms with E-state index >= 15 is 0 Å². The molecule has 2 atom stereocenters. The number of piperidine rings is 2. The summed E-state index contributed by atoms with van der Waals surface area (Å²) >= 11 is 0. The van der Waals surface area contributed by atoms with Crippen molar-refractivity contribution in [2.45, 2.75) is 90.9 Å². The van der Waals surface area contributed by atoms with Gasteiger partial charge in [0.1, 0.15) is 0 Å². The Labute approximate surface area is 214 Å². The Balaban J connectivity index is 1.19. The van der Waals surface area contributed by atoms with Crippen LogP contribution in [-0.2, 0) is 4.74 Å². The third-order valence-electron chi connectivity index (χ3n) is 8.36. The van der Waals surface area contributed by atoms with E-state index in [1.54, 1.807) is 0 Å². The molecule has 2 aliphatic heterocycles. The zero-order valence-electron chi connectivity index (χ0n) is 22.8. The molecule has 35 heavy (non-hydrogen) atoms. The first-order valence-electron chi connectivity index (χ1n) is 14.3. The molecule has 192 valence electrons. The van der Waals surface area contributed by atoms with Gasteiger partial charge in [0.2, 0.25) is 0 Å². The molecule has 4 rings (SSSR count). The molecule has 0 bridgehead atoms. The molecule has 3 heteroatoms. The molecule has 2 aromatic carbocycles. The predicted molar refractivity (Wildman–Crippen MR) is 151 cm³/mol. The Bertz CT molecular complexity index is 852. The van der Waals surface area contributed by atoms with Crippen molar-refractivity contribution >= 4 is 11.4 Å². The topological polar surface area (TPSA) is 15.7 Å². The third-order valence-corrected chi connectivity index (χ3v) is 8.36. The van der Waals surface area contributed by atoms with Crippen molar-refractivity contribution in [2.24, 2.45) is 0 Å². The summed E-state index contributed by atoms with van der Waals surface area (Å²) in [5.41, 5.74) is 8.62. The van der Waals surface area contributed by atoms with Crippen molar-refractivity contribution in [3.05, 3.63) is 58.7 Å². The van der Waals surface area contributed by atoms with E-state index in [1.165, 1.54) is 98.3 Å². The van der Waals surface area contributed by atoms with Gasteiger partial charge in [0.15, 0.2) is 0 Å². The van der Waals surface area contributed by atoms with Crippen molar-refractivity contribution in [2.75, 3.05) is 49.2 Å². The summed E-state index contributed by atoms with van der Waals surface area (Å²) in [6.45, 7) is 15.8. The van der Waals surface area contributed by atoms with Gasteiger partial charge in [0.25, 0.3) is 0 Å². The molecule has 0 saturated carbocycles. The summed E-state index contributed by atoms with van der Waals surface area (Å²) in [4.78, 5) is 5.14. The van der Waals surface area contributed by atoms with Gasteiger partial charge in [-0.1, -0.05) is 38.1 Å². The Morgan fingerprint density at radius 2 is 1.03 bits per heavy atom. The third kappa shape index (κ3) is 7.03. The fourth-order valence-electron chi connectivity index (χ4n) is 5.91. The monoisotopic (exact) mass is 476 g/mol. The van der Waals surface area contributed by atoms with E-state index < -0.39 is 0 Å². The highest BCUT2D eigenvalue weighted by Crippen LogP contribution is 2.30. The number of anilines is 2. The fraction of sp³-hybridized carbons (Fsp3) is 0.625. The van der Waals surface area contributed by atoms with Crippen molar-refractivity contribution in [3.8, 4) is 0 Å². The number of ether oxygens (including phenoxy) is 1. The van der Waals surface area contributed by atoms with E-state index in [4.69, 9.17) is 4.74 Å². The van der Waals surface area contributed by atoms with Crippen LogP contribution in [0.15, 0.2) is 36.4 Å². The molecule has 0 aliphatic carbocycles. The Hall–Kier alpha value is -2.00. The second-order valence-corrected chi connectivity index (χ2v) is 11.2. The second kappa shape index (κ2) is 12.8. The van der Waals surface area contributed by atoms with Crippen LogP contribution in [0, 0.1) is 13.8 Å². The number of rotatable bonds is 10. The van der Waals surface area contributed by atoms with Crippen LogP contribution in [0.3, 0.4) is 0 Å². The molecule has 2 saturated heterocycles. The van der Waals surface area contributed by atoms with Gasteiger partial charge in [0.05, 0.1) is 0 Å². The Morgan fingerprint density at radius 1 is 0.629 bits per heavy atom. The van der Waals surface area contributed by atoms with Crippen molar-refractivity contribution < 1.29 is 4.74 Å². The molecule has 2 aromatic rings. The van der Waals surface area contributed by atoms with Crippen LogP contribution in [0.2, 0.25) is 0 Å². The summed E-state index contributed by atoms with van der Waals surface area (Å²) in [5.74, 6) is 1.07. The summed E-state index contributed by atoms with van der Waals surface area (Å²) in [6.07, 6.45) is 10.3. The standard InChI is InChI=1S/C32H48N2O/c1-25(29-11-13-31(27(3)23-29)33-17-7-5-8-18-33)15-21-35-22-16-26(2)30-12-14-32(28(4)24-30)34-19-9-6-10-20-34/h11-14,23-26H,5-10,15-22H2,1-4H3. The van der Waals surface area contributed by atoms with Gasteiger partial charge in [-0.3, -0.25) is 0 Å². The lowest BCUT2D eigenvalue weighted by Crippen LogP contribution is -2.29. The molecule has 0 radical (unpaired) electrons. The minimum absolute atomic E-state index is 0.534. The van der Waals surface area contributed by atoms with Gasteiger partial charge in [0, 0.05) is 50.8 Å². The van der Waals surface area contributed by atoms with Crippen LogP contribution in [-0.4, -0.2) is 39.4 Å². The van der Waals surface area contributed by atoms with Gasteiger partial charge < -0.3 is 14.5 Å². The lowest BCUT2D eigenvalue weighted by atomic mass is 9.95. The van der Waals surface area contributed by atoms with Crippen molar-refractivity contribution in [3.63, 3.8) is 0 Å². The van der Waals surface area contributed by atoms with Gasteiger partial charge in [-0.05, 0) is 111 Å². The summed E-state index contributed by atoms with van der Waals surface area (Å²) in [6, 6.07) is 14.2. The van der Waals surface area contributed by atoms with Crippen molar-refractivity contribution in [1.29, 1.82) is 0 Å². The van der Waals surface area contributed by atoms with Crippen LogP contribution in [0.1, 0.15) is 99.3 Å². The minimum atomic E-state index is 0.534. The zero-order chi connectivity index (χ0) is 24.6. The van der Waals surface area contributed by atoms with Crippen molar-refractivity contribution in [1.82, 2.24) is 0 Å². The molecular formula is C32H48N2O. The Kier molecular flexibility index (Phi) is 9.54. The fourth-order valence-corrected chi connectivity index (χ4v) is 5.91. The van der Waals surface area contributed by atoms with E-state index in [0.717, 1.165) is 26.1 Å². The highest BCUT2D eigenvalue weighted by atomic mass is 16.5. The lowest BCUT2D eigenvalue weighted by Gasteiger charge is -2.30. The largest absolute Gasteiger partial charge is 0.381 e. The molecule has 0 aromatic heterocycles. The SMILES string of the molecule is Cc1cc(C(C)CCOCCC(C)c2ccc(N3CCCCC3)c(C)c2)ccc1N1CCCCC1. The molecule has 2 fully saturated rings. The molecule has 0 spiro atoms. The quantitative estimate of drug-likeness (QED) is 0.323. The first-order valence-corrected chi connectivity index (χ1v) is 14.3. The summed E-state index contributed by atoms with van der Waals surface area (Å²) < 4.78 is 6.10. The minimum Gasteiger partial charge on any atom is -0.381 e. The lowest BCUT2D eigenvalue weighted by molar-refractivity contribution is 0.122. The molecule has 2 aliphatic rings. The van der Waals surface area contributed by atoms with Gasteiger partial charge in [-0.2, -0.15) is 0 Å². The van der Waals surface area contributed by atoms with E-state index in [9.17, 15) is 0 Å². The first kappa shape index (κ1) is 26.1. The normalized spacial score (nSPS) is 18.5. The average molecular weight is 477 g/mol. The van der Waals surface area contributed by atoms with Gasteiger partial charge in [-0.25, -0.2) is 0 Å². The van der Waals surface area contributed by atoms with Crippen LogP contribution in [0.4, 0.5) is 11.4 Å². The number of benzene rings is 2. The van der Waals surface area contributed by atoms with E-state index in [2.05, 4.69) is 73.9 Å². The van der Waals surface area contributed by atoms with Crippen LogP contribution >= 0.6 is 0 Å². The highest BCUT2D eigenvalue weighted by molar-refractivity contribution is 5.56. The maximum Gasteiger partial charge on any atom is 0.0471 e. The van der Waals surface area contributed by atoms with E-state index in [1.807, 2.05) is 0 Å².